The highest BCUT2D eigenvalue weighted by atomic mass is 19.4. The number of carboxylic acids is 1. The van der Waals surface area contributed by atoms with Gasteiger partial charge < -0.3 is 10.0 Å². The molecule has 0 spiro atoms. The van der Waals surface area contributed by atoms with Crippen LogP contribution < -0.4 is 4.90 Å². The van der Waals surface area contributed by atoms with Gasteiger partial charge in [0, 0.05) is 12.2 Å². The second-order valence-corrected chi connectivity index (χ2v) is 4.25. The molecular formula is C12H12F3NO2. The van der Waals surface area contributed by atoms with Crippen molar-refractivity contribution in [1.82, 2.24) is 0 Å². The molecule has 1 aromatic carbocycles. The number of halogens is 3. The van der Waals surface area contributed by atoms with Gasteiger partial charge in [0.2, 0.25) is 0 Å². The normalized spacial score (nSPS) is 15.4. The molecule has 3 nitrogen and oxygen atoms in total. The van der Waals surface area contributed by atoms with Crippen molar-refractivity contribution < 1.29 is 23.1 Å². The number of nitrogens with zero attached hydrogens (tertiary/aromatic N) is 1. The lowest BCUT2D eigenvalue weighted by molar-refractivity contribution is -0.119. The van der Waals surface area contributed by atoms with Crippen molar-refractivity contribution in [1.29, 1.82) is 0 Å². The van der Waals surface area contributed by atoms with Gasteiger partial charge in [-0.15, -0.1) is 0 Å². The fourth-order valence-electron chi connectivity index (χ4n) is 2.28. The van der Waals surface area contributed by atoms with E-state index in [9.17, 15) is 18.0 Å². The molecule has 0 atom stereocenters. The van der Waals surface area contributed by atoms with Crippen molar-refractivity contribution >= 4 is 11.7 Å². The van der Waals surface area contributed by atoms with Crippen LogP contribution in [0, 0.1) is 0 Å². The van der Waals surface area contributed by atoms with E-state index in [2.05, 4.69) is 0 Å². The van der Waals surface area contributed by atoms with E-state index in [1.54, 1.807) is 6.07 Å². The maximum atomic E-state index is 12.4. The standard InChI is InChI=1S/C12H12F3NO2/c13-12(14,15)7-16-6-2-4-8-9(11(17)18)3-1-5-10(8)16/h1,3,5H,2,4,6-7H2,(H,17,18). The maximum absolute atomic E-state index is 12.4. The van der Waals surface area contributed by atoms with Gasteiger partial charge >= 0.3 is 12.1 Å². The van der Waals surface area contributed by atoms with Crippen LogP contribution in [0.15, 0.2) is 18.2 Å². The fraction of sp³-hybridized carbons (Fsp3) is 0.417. The molecule has 1 aliphatic heterocycles. The molecule has 0 fully saturated rings. The van der Waals surface area contributed by atoms with Crippen LogP contribution in [0.1, 0.15) is 22.3 Å². The molecule has 0 amide bonds. The lowest BCUT2D eigenvalue weighted by Gasteiger charge is -2.32. The summed E-state index contributed by atoms with van der Waals surface area (Å²) in [5.41, 5.74) is 0.985. The summed E-state index contributed by atoms with van der Waals surface area (Å²) in [5.74, 6) is -1.10. The van der Waals surface area contributed by atoms with Gasteiger partial charge in [-0.25, -0.2) is 4.79 Å². The van der Waals surface area contributed by atoms with Crippen molar-refractivity contribution in [3.8, 4) is 0 Å². The van der Waals surface area contributed by atoms with Crippen molar-refractivity contribution in [2.75, 3.05) is 18.0 Å². The van der Waals surface area contributed by atoms with Crippen LogP contribution in [0.3, 0.4) is 0 Å². The summed E-state index contributed by atoms with van der Waals surface area (Å²) in [7, 11) is 0. The van der Waals surface area contributed by atoms with E-state index in [0.717, 1.165) is 0 Å². The molecule has 0 unspecified atom stereocenters. The highest BCUT2D eigenvalue weighted by Crippen LogP contribution is 2.32. The van der Waals surface area contributed by atoms with Crippen molar-refractivity contribution in [2.24, 2.45) is 0 Å². The van der Waals surface area contributed by atoms with Crippen LogP contribution >= 0.6 is 0 Å². The first-order chi connectivity index (χ1) is 8.38. The Morgan fingerprint density at radius 2 is 2.11 bits per heavy atom. The van der Waals surface area contributed by atoms with Gasteiger partial charge in [-0.1, -0.05) is 6.07 Å². The molecule has 0 radical (unpaired) electrons. The Balaban J connectivity index is 2.38. The monoisotopic (exact) mass is 259 g/mol. The van der Waals surface area contributed by atoms with Gasteiger partial charge in [-0.2, -0.15) is 13.2 Å². The number of hydrogen-bond donors (Lipinski definition) is 1. The van der Waals surface area contributed by atoms with Crippen molar-refractivity contribution in [2.45, 2.75) is 19.0 Å². The van der Waals surface area contributed by atoms with Crippen molar-refractivity contribution in [3.05, 3.63) is 29.3 Å². The van der Waals surface area contributed by atoms with E-state index < -0.39 is 18.7 Å². The summed E-state index contributed by atoms with van der Waals surface area (Å²) in [6.45, 7) is -0.737. The zero-order valence-electron chi connectivity index (χ0n) is 9.50. The predicted molar refractivity (Wildman–Crippen MR) is 60.0 cm³/mol. The third-order valence-corrected chi connectivity index (χ3v) is 2.95. The minimum Gasteiger partial charge on any atom is -0.478 e. The number of fused-ring (bicyclic) bond motifs is 1. The molecule has 98 valence electrons. The first kappa shape index (κ1) is 12.7. The lowest BCUT2D eigenvalue weighted by atomic mass is 9.96. The zero-order chi connectivity index (χ0) is 13.3. The molecule has 0 aromatic heterocycles. The lowest BCUT2D eigenvalue weighted by Crippen LogP contribution is -2.38. The average molecular weight is 259 g/mol. The molecule has 0 saturated heterocycles. The second-order valence-electron chi connectivity index (χ2n) is 4.25. The van der Waals surface area contributed by atoms with Crippen LogP contribution in [0.5, 0.6) is 0 Å². The number of hydrogen-bond acceptors (Lipinski definition) is 2. The Kier molecular flexibility index (Phi) is 3.19. The second kappa shape index (κ2) is 4.51. The Morgan fingerprint density at radius 1 is 1.39 bits per heavy atom. The highest BCUT2D eigenvalue weighted by Gasteiger charge is 2.33. The first-order valence-corrected chi connectivity index (χ1v) is 5.55. The van der Waals surface area contributed by atoms with Crippen LogP contribution in [-0.4, -0.2) is 30.3 Å². The van der Waals surface area contributed by atoms with E-state index in [4.69, 9.17) is 5.11 Å². The zero-order valence-corrected chi connectivity index (χ0v) is 9.50. The van der Waals surface area contributed by atoms with Gasteiger partial charge in [-0.05, 0) is 30.5 Å². The molecule has 18 heavy (non-hydrogen) atoms. The molecule has 2 rings (SSSR count). The first-order valence-electron chi connectivity index (χ1n) is 5.55. The number of carboxylic acid groups (broad SMARTS) is 1. The number of anilines is 1. The summed E-state index contributed by atoms with van der Waals surface area (Å²) in [5, 5.41) is 9.02. The largest absolute Gasteiger partial charge is 0.478 e. The average Bonchev–Trinajstić information content (AvgIpc) is 2.26. The Bertz CT molecular complexity index is 471. The van der Waals surface area contributed by atoms with Crippen LogP contribution in [-0.2, 0) is 6.42 Å². The van der Waals surface area contributed by atoms with Gasteiger partial charge in [0.25, 0.3) is 0 Å². The summed E-state index contributed by atoms with van der Waals surface area (Å²) in [6.07, 6.45) is -3.24. The molecule has 1 heterocycles. The van der Waals surface area contributed by atoms with Gasteiger partial charge in [0.05, 0.1) is 5.56 Å². The van der Waals surface area contributed by atoms with Crippen LogP contribution in [0.4, 0.5) is 18.9 Å². The van der Waals surface area contributed by atoms with Crippen LogP contribution in [0.25, 0.3) is 0 Å². The van der Waals surface area contributed by atoms with Gasteiger partial charge in [0.1, 0.15) is 6.54 Å². The maximum Gasteiger partial charge on any atom is 0.405 e. The van der Waals surface area contributed by atoms with E-state index in [-0.39, 0.29) is 5.56 Å². The fourth-order valence-corrected chi connectivity index (χ4v) is 2.28. The minimum absolute atomic E-state index is 0.0966. The molecular weight excluding hydrogens is 247 g/mol. The molecule has 0 saturated carbocycles. The SMILES string of the molecule is O=C(O)c1cccc2c1CCCN2CC(F)(F)F. The molecule has 0 aliphatic carbocycles. The van der Waals surface area contributed by atoms with Crippen molar-refractivity contribution in [3.63, 3.8) is 0 Å². The number of carbonyl (C=O) groups is 1. The molecule has 6 heteroatoms. The Morgan fingerprint density at radius 3 is 2.72 bits per heavy atom. The highest BCUT2D eigenvalue weighted by molar-refractivity contribution is 5.91. The molecule has 1 aromatic rings. The molecule has 1 aliphatic rings. The predicted octanol–water partition coefficient (Wildman–Crippen LogP) is 2.70. The third-order valence-electron chi connectivity index (χ3n) is 2.95. The smallest absolute Gasteiger partial charge is 0.405 e. The van der Waals surface area contributed by atoms with E-state index in [0.29, 0.717) is 30.6 Å². The van der Waals surface area contributed by atoms with Gasteiger partial charge in [0.15, 0.2) is 0 Å². The topological polar surface area (TPSA) is 40.5 Å². The number of benzene rings is 1. The Hall–Kier alpha value is -1.72. The van der Waals surface area contributed by atoms with E-state index >= 15 is 0 Å². The van der Waals surface area contributed by atoms with Crippen LogP contribution in [0.2, 0.25) is 0 Å². The summed E-state index contributed by atoms with van der Waals surface area (Å²) in [4.78, 5) is 12.2. The minimum atomic E-state index is -4.28. The molecule has 1 N–H and O–H groups in total. The number of rotatable bonds is 2. The summed E-state index contributed by atoms with van der Waals surface area (Å²) >= 11 is 0. The number of alkyl halides is 3. The Labute approximate surface area is 102 Å². The van der Waals surface area contributed by atoms with E-state index in [1.807, 2.05) is 0 Å². The third kappa shape index (κ3) is 2.57. The van der Waals surface area contributed by atoms with Gasteiger partial charge in [-0.3, -0.25) is 0 Å². The van der Waals surface area contributed by atoms with E-state index in [1.165, 1.54) is 17.0 Å². The summed E-state index contributed by atoms with van der Waals surface area (Å²) < 4.78 is 37.3. The quantitative estimate of drug-likeness (QED) is 0.887. The molecule has 0 bridgehead atoms. The summed E-state index contributed by atoms with van der Waals surface area (Å²) in [6, 6.07) is 4.46. The number of aromatic carboxylic acids is 1.